The second kappa shape index (κ2) is 14.8. The molecule has 230 valence electrons. The molecule has 0 radical (unpaired) electrons. The third-order valence-corrected chi connectivity index (χ3v) is 9.53. The van der Waals surface area contributed by atoms with Gasteiger partial charge in [0.25, 0.3) is 10.0 Å². The van der Waals surface area contributed by atoms with Gasteiger partial charge in [-0.25, -0.2) is 8.42 Å². The fourth-order valence-electron chi connectivity index (χ4n) is 4.72. The van der Waals surface area contributed by atoms with Crippen LogP contribution in [0.1, 0.15) is 38.7 Å². The Balaban J connectivity index is 1.76. The Hall–Kier alpha value is -3.47. The summed E-state index contributed by atoms with van der Waals surface area (Å²) in [5, 5.41) is 3.55. The summed E-state index contributed by atoms with van der Waals surface area (Å²) in [7, 11) is -4.23. The molecule has 0 aliphatic carbocycles. The van der Waals surface area contributed by atoms with E-state index in [1.165, 1.54) is 23.1 Å². The number of benzene rings is 3. The normalized spacial score (nSPS) is 13.2. The Kier molecular flexibility index (Phi) is 11.2. The van der Waals surface area contributed by atoms with Crippen LogP contribution in [-0.2, 0) is 26.2 Å². The molecule has 0 unspecified atom stereocenters. The lowest BCUT2D eigenvalue weighted by atomic mass is 10.1. The van der Waals surface area contributed by atoms with E-state index in [0.29, 0.717) is 46.9 Å². The first-order valence-corrected chi connectivity index (χ1v) is 16.3. The van der Waals surface area contributed by atoms with Crippen LogP contribution in [0.15, 0.2) is 71.6 Å². The summed E-state index contributed by atoms with van der Waals surface area (Å²) >= 11 is 12.9. The van der Waals surface area contributed by atoms with Crippen LogP contribution in [0.4, 0.5) is 5.69 Å². The lowest BCUT2D eigenvalue weighted by molar-refractivity contribution is -0.140. The van der Waals surface area contributed by atoms with E-state index in [0.717, 1.165) is 17.1 Å². The summed E-state index contributed by atoms with van der Waals surface area (Å²) in [4.78, 5) is 29.0. The number of nitrogens with zero attached hydrogens (tertiary/aromatic N) is 2. The number of ether oxygens (including phenoxy) is 2. The maximum absolute atomic E-state index is 14.3. The largest absolute Gasteiger partial charge is 0.486 e. The van der Waals surface area contributed by atoms with Crippen LogP contribution in [0.2, 0.25) is 10.0 Å². The van der Waals surface area contributed by atoms with Gasteiger partial charge in [0.1, 0.15) is 25.8 Å². The second-order valence-corrected chi connectivity index (χ2v) is 12.6. The number of hydrogen-bond acceptors (Lipinski definition) is 6. The highest BCUT2D eigenvalue weighted by Crippen LogP contribution is 2.36. The molecule has 1 atom stereocenters. The summed E-state index contributed by atoms with van der Waals surface area (Å²) in [6, 6.07) is 16.6. The molecular weight excluding hydrogens is 613 g/mol. The van der Waals surface area contributed by atoms with E-state index < -0.39 is 28.5 Å². The van der Waals surface area contributed by atoms with E-state index in [4.69, 9.17) is 32.7 Å². The van der Waals surface area contributed by atoms with Crippen molar-refractivity contribution in [3.8, 4) is 11.5 Å². The van der Waals surface area contributed by atoms with E-state index in [2.05, 4.69) is 5.32 Å². The number of rotatable bonds is 13. The Morgan fingerprint density at radius 2 is 1.60 bits per heavy atom. The fourth-order valence-corrected chi connectivity index (χ4v) is 6.66. The molecule has 1 heterocycles. The molecular formula is C31H35Cl2N3O6S. The summed E-state index contributed by atoms with van der Waals surface area (Å²) < 4.78 is 40.4. The van der Waals surface area contributed by atoms with Crippen molar-refractivity contribution in [3.05, 3.63) is 82.3 Å². The van der Waals surface area contributed by atoms with Crippen molar-refractivity contribution in [2.45, 2.75) is 50.6 Å². The van der Waals surface area contributed by atoms with Crippen molar-refractivity contribution in [2.24, 2.45) is 0 Å². The van der Waals surface area contributed by atoms with Gasteiger partial charge >= 0.3 is 0 Å². The first-order valence-electron chi connectivity index (χ1n) is 14.1. The summed E-state index contributed by atoms with van der Waals surface area (Å²) in [6.07, 6.45) is 1.94. The monoisotopic (exact) mass is 647 g/mol. The van der Waals surface area contributed by atoms with Gasteiger partial charge in [-0.2, -0.15) is 0 Å². The van der Waals surface area contributed by atoms with Gasteiger partial charge in [-0.15, -0.1) is 0 Å². The highest BCUT2D eigenvalue weighted by atomic mass is 35.5. The van der Waals surface area contributed by atoms with Gasteiger partial charge in [0.2, 0.25) is 11.8 Å². The minimum Gasteiger partial charge on any atom is -0.486 e. The van der Waals surface area contributed by atoms with Crippen LogP contribution < -0.4 is 19.1 Å². The van der Waals surface area contributed by atoms with Gasteiger partial charge in [-0.3, -0.25) is 13.9 Å². The molecule has 9 nitrogen and oxygen atoms in total. The number of nitrogens with one attached hydrogen (secondary N) is 1. The molecule has 0 saturated carbocycles. The minimum atomic E-state index is -4.23. The number of sulfonamides is 1. The van der Waals surface area contributed by atoms with Crippen molar-refractivity contribution in [1.82, 2.24) is 10.2 Å². The van der Waals surface area contributed by atoms with Crippen LogP contribution in [0.25, 0.3) is 0 Å². The van der Waals surface area contributed by atoms with E-state index >= 15 is 0 Å². The first-order chi connectivity index (χ1) is 20.7. The number of anilines is 1. The predicted octanol–water partition coefficient (Wildman–Crippen LogP) is 5.68. The molecule has 1 aliphatic rings. The van der Waals surface area contributed by atoms with Crippen LogP contribution >= 0.6 is 23.2 Å². The molecule has 0 saturated heterocycles. The van der Waals surface area contributed by atoms with Crippen molar-refractivity contribution >= 4 is 50.7 Å². The lowest BCUT2D eigenvalue weighted by Gasteiger charge is -2.33. The highest BCUT2D eigenvalue weighted by Gasteiger charge is 2.34. The minimum absolute atomic E-state index is 0.00253. The number of carbonyl (C=O) groups is 2. The Morgan fingerprint density at radius 1 is 0.930 bits per heavy atom. The Labute approximate surface area is 262 Å². The van der Waals surface area contributed by atoms with Crippen LogP contribution in [0, 0.1) is 0 Å². The first kappa shape index (κ1) is 32.4. The third kappa shape index (κ3) is 7.74. The zero-order chi connectivity index (χ0) is 31.0. The summed E-state index contributed by atoms with van der Waals surface area (Å²) in [5.74, 6) is -0.110. The SMILES string of the molecule is CCCCNC(=O)[C@@H](CC)N(Cc1c(Cl)cccc1Cl)C(=O)CN(c1ccc2c(c1)OCCO2)S(=O)(=O)c1ccccc1. The molecule has 3 aromatic rings. The van der Waals surface area contributed by atoms with Crippen molar-refractivity contribution in [3.63, 3.8) is 0 Å². The topological polar surface area (TPSA) is 105 Å². The maximum Gasteiger partial charge on any atom is 0.264 e. The van der Waals surface area contributed by atoms with Gasteiger partial charge in [0, 0.05) is 34.8 Å². The molecule has 0 aromatic heterocycles. The number of carbonyl (C=O) groups excluding carboxylic acids is 2. The average Bonchev–Trinajstić information content (AvgIpc) is 3.01. The fraction of sp³-hybridized carbons (Fsp3) is 0.355. The Bertz CT molecular complexity index is 1520. The molecule has 3 aromatic carbocycles. The molecule has 0 spiro atoms. The van der Waals surface area contributed by atoms with Gasteiger partial charge in [-0.05, 0) is 49.2 Å². The number of unbranched alkanes of at least 4 members (excludes halogenated alkanes) is 1. The smallest absolute Gasteiger partial charge is 0.264 e. The predicted molar refractivity (Wildman–Crippen MR) is 167 cm³/mol. The van der Waals surface area contributed by atoms with Crippen molar-refractivity contribution in [2.75, 3.05) is 30.6 Å². The second-order valence-electron chi connectivity index (χ2n) is 9.94. The van der Waals surface area contributed by atoms with Gasteiger partial charge in [0.05, 0.1) is 10.6 Å². The van der Waals surface area contributed by atoms with E-state index in [9.17, 15) is 18.0 Å². The lowest BCUT2D eigenvalue weighted by Crippen LogP contribution is -2.52. The molecule has 1 aliphatic heterocycles. The molecule has 2 amide bonds. The zero-order valence-electron chi connectivity index (χ0n) is 24.1. The van der Waals surface area contributed by atoms with Crippen LogP contribution in [-0.4, -0.2) is 57.5 Å². The van der Waals surface area contributed by atoms with E-state index in [1.807, 2.05) is 6.92 Å². The molecule has 4 rings (SSSR count). The maximum atomic E-state index is 14.3. The average molecular weight is 649 g/mol. The summed E-state index contributed by atoms with van der Waals surface area (Å²) in [6.45, 7) is 4.23. The zero-order valence-corrected chi connectivity index (χ0v) is 26.4. The highest BCUT2D eigenvalue weighted by molar-refractivity contribution is 7.92. The molecule has 12 heteroatoms. The van der Waals surface area contributed by atoms with Crippen LogP contribution in [0.5, 0.6) is 11.5 Å². The van der Waals surface area contributed by atoms with Gasteiger partial charge in [-0.1, -0.05) is 67.7 Å². The standard InChI is InChI=1S/C31H35Cl2N3O6S/c1-3-5-16-34-31(38)27(4-2)35(20-24-25(32)12-9-13-26(24)33)30(37)21-36(43(39,40)23-10-7-6-8-11-23)22-14-15-28-29(19-22)42-18-17-41-28/h6-15,19,27H,3-5,16-18,20-21H2,1-2H3,(H,34,38)/t27-/m1/s1. The van der Waals surface area contributed by atoms with E-state index in [-0.39, 0.29) is 29.5 Å². The number of amides is 2. The van der Waals surface area contributed by atoms with Crippen LogP contribution in [0.3, 0.4) is 0 Å². The van der Waals surface area contributed by atoms with E-state index in [1.54, 1.807) is 55.5 Å². The number of halogens is 2. The number of hydrogen-bond donors (Lipinski definition) is 1. The molecule has 43 heavy (non-hydrogen) atoms. The Morgan fingerprint density at radius 3 is 2.26 bits per heavy atom. The summed E-state index contributed by atoms with van der Waals surface area (Å²) in [5.41, 5.74) is 0.661. The van der Waals surface area contributed by atoms with Crippen molar-refractivity contribution < 1.29 is 27.5 Å². The molecule has 0 bridgehead atoms. The van der Waals surface area contributed by atoms with Gasteiger partial charge in [0.15, 0.2) is 11.5 Å². The number of fused-ring (bicyclic) bond motifs is 1. The van der Waals surface area contributed by atoms with Crippen molar-refractivity contribution in [1.29, 1.82) is 0 Å². The third-order valence-electron chi connectivity index (χ3n) is 7.03. The quantitative estimate of drug-likeness (QED) is 0.239. The molecule has 1 N–H and O–H groups in total. The molecule has 0 fully saturated rings. The van der Waals surface area contributed by atoms with Gasteiger partial charge < -0.3 is 19.7 Å².